The number of hydrogen-bond donors (Lipinski definition) is 2. The van der Waals surface area contributed by atoms with Crippen molar-refractivity contribution in [1.82, 2.24) is 4.98 Å². The first-order valence-corrected chi connectivity index (χ1v) is 4.82. The zero-order valence-electron chi connectivity index (χ0n) is 7.23. The molecule has 2 rings (SSSR count). The van der Waals surface area contributed by atoms with Gasteiger partial charge in [0.25, 0.3) is 5.91 Å². The second-order valence-corrected chi connectivity index (χ2v) is 3.87. The normalized spacial score (nSPS) is 10.6. The smallest absolute Gasteiger partial charge is 0.277 e. The van der Waals surface area contributed by atoms with E-state index in [2.05, 4.69) is 4.98 Å². The van der Waals surface area contributed by atoms with Crippen molar-refractivity contribution >= 4 is 27.5 Å². The number of primary amides is 1. The maximum absolute atomic E-state index is 10.8. The summed E-state index contributed by atoms with van der Waals surface area (Å²) in [6.07, 6.45) is 0. The summed E-state index contributed by atoms with van der Waals surface area (Å²) >= 11 is 1.26. The van der Waals surface area contributed by atoms with Gasteiger partial charge in [0.15, 0.2) is 5.01 Å². The predicted molar refractivity (Wildman–Crippen MR) is 54.1 cm³/mol. The molecule has 0 aliphatic heterocycles. The second-order valence-electron chi connectivity index (χ2n) is 2.84. The minimum absolute atomic E-state index is 0.0284. The van der Waals surface area contributed by atoms with Crippen LogP contribution < -0.4 is 5.73 Å². The Morgan fingerprint density at radius 3 is 3.00 bits per heavy atom. The highest BCUT2D eigenvalue weighted by molar-refractivity contribution is 7.20. The van der Waals surface area contributed by atoms with Crippen LogP contribution in [0.2, 0.25) is 0 Å². The third kappa shape index (κ3) is 1.47. The number of carbonyl (C=O) groups excluding carboxylic acids is 1. The Morgan fingerprint density at radius 1 is 1.57 bits per heavy atom. The van der Waals surface area contributed by atoms with Gasteiger partial charge in [0.2, 0.25) is 0 Å². The number of aliphatic hydroxyl groups is 1. The Balaban J connectivity index is 2.60. The highest BCUT2D eigenvalue weighted by Gasteiger charge is 2.08. The van der Waals surface area contributed by atoms with E-state index in [9.17, 15) is 4.79 Å². The molecule has 0 fully saturated rings. The SMILES string of the molecule is NC(=O)c1nc2cc(CO)ccc2s1. The first-order valence-electron chi connectivity index (χ1n) is 4.01. The van der Waals surface area contributed by atoms with Crippen LogP contribution in [0.15, 0.2) is 18.2 Å². The maximum Gasteiger partial charge on any atom is 0.277 e. The molecule has 0 atom stereocenters. The van der Waals surface area contributed by atoms with E-state index in [4.69, 9.17) is 10.8 Å². The molecule has 0 unspecified atom stereocenters. The lowest BCUT2D eigenvalue weighted by Gasteiger charge is -1.92. The molecule has 0 saturated heterocycles. The summed E-state index contributed by atoms with van der Waals surface area (Å²) in [5, 5.41) is 9.20. The fourth-order valence-electron chi connectivity index (χ4n) is 1.18. The predicted octanol–water partition coefficient (Wildman–Crippen LogP) is 0.888. The molecule has 0 aliphatic rings. The molecular weight excluding hydrogens is 200 g/mol. The van der Waals surface area contributed by atoms with Gasteiger partial charge in [-0.2, -0.15) is 0 Å². The van der Waals surface area contributed by atoms with Gasteiger partial charge in [-0.25, -0.2) is 4.98 Å². The van der Waals surface area contributed by atoms with E-state index in [0.717, 1.165) is 10.3 Å². The molecule has 5 heteroatoms. The number of benzene rings is 1. The van der Waals surface area contributed by atoms with Gasteiger partial charge in [0.05, 0.1) is 16.8 Å². The van der Waals surface area contributed by atoms with Gasteiger partial charge < -0.3 is 10.8 Å². The lowest BCUT2D eigenvalue weighted by Crippen LogP contribution is -2.09. The molecule has 0 spiro atoms. The third-order valence-electron chi connectivity index (χ3n) is 1.85. The molecule has 0 aliphatic carbocycles. The minimum Gasteiger partial charge on any atom is -0.392 e. The Kier molecular flexibility index (Phi) is 2.18. The molecule has 0 radical (unpaired) electrons. The van der Waals surface area contributed by atoms with Crippen LogP contribution in [0, 0.1) is 0 Å². The molecular formula is C9H8N2O2S. The number of amides is 1. The summed E-state index contributed by atoms with van der Waals surface area (Å²) in [6.45, 7) is -0.0284. The molecule has 1 aromatic carbocycles. The van der Waals surface area contributed by atoms with E-state index in [1.165, 1.54) is 11.3 Å². The van der Waals surface area contributed by atoms with Crippen LogP contribution in [0.4, 0.5) is 0 Å². The van der Waals surface area contributed by atoms with E-state index in [1.54, 1.807) is 12.1 Å². The van der Waals surface area contributed by atoms with Gasteiger partial charge in [0, 0.05) is 0 Å². The number of rotatable bonds is 2. The largest absolute Gasteiger partial charge is 0.392 e. The van der Waals surface area contributed by atoms with Crippen LogP contribution in [0.5, 0.6) is 0 Å². The van der Waals surface area contributed by atoms with Crippen LogP contribution in [0.1, 0.15) is 15.4 Å². The number of thiazole rings is 1. The van der Waals surface area contributed by atoms with Crippen molar-refractivity contribution in [2.75, 3.05) is 0 Å². The van der Waals surface area contributed by atoms with Crippen molar-refractivity contribution in [1.29, 1.82) is 0 Å². The summed E-state index contributed by atoms with van der Waals surface area (Å²) < 4.78 is 0.899. The van der Waals surface area contributed by atoms with E-state index in [0.29, 0.717) is 10.5 Å². The topological polar surface area (TPSA) is 76.2 Å². The molecule has 2 aromatic rings. The monoisotopic (exact) mass is 208 g/mol. The molecule has 0 saturated carbocycles. The van der Waals surface area contributed by atoms with Crippen LogP contribution in [0.3, 0.4) is 0 Å². The van der Waals surface area contributed by atoms with Crippen LogP contribution >= 0.6 is 11.3 Å². The van der Waals surface area contributed by atoms with Gasteiger partial charge in [0.1, 0.15) is 0 Å². The summed E-state index contributed by atoms with van der Waals surface area (Å²) in [5.74, 6) is -0.517. The molecule has 14 heavy (non-hydrogen) atoms. The molecule has 72 valence electrons. The van der Waals surface area contributed by atoms with Gasteiger partial charge in [-0.3, -0.25) is 4.79 Å². The van der Waals surface area contributed by atoms with Gasteiger partial charge in [-0.05, 0) is 17.7 Å². The first-order chi connectivity index (χ1) is 6.70. The Bertz CT molecular complexity index is 493. The first kappa shape index (κ1) is 9.11. The van der Waals surface area contributed by atoms with Crippen molar-refractivity contribution in [3.8, 4) is 0 Å². The summed E-state index contributed by atoms with van der Waals surface area (Å²) in [5.41, 5.74) is 6.59. The highest BCUT2D eigenvalue weighted by Crippen LogP contribution is 2.22. The lowest BCUT2D eigenvalue weighted by molar-refractivity contribution is 0.1000. The molecule has 4 nitrogen and oxygen atoms in total. The van der Waals surface area contributed by atoms with Crippen molar-refractivity contribution in [3.05, 3.63) is 28.8 Å². The average molecular weight is 208 g/mol. The van der Waals surface area contributed by atoms with Gasteiger partial charge in [-0.1, -0.05) is 6.07 Å². The van der Waals surface area contributed by atoms with Gasteiger partial charge in [-0.15, -0.1) is 11.3 Å². The Labute approximate surface area is 84.0 Å². The van der Waals surface area contributed by atoms with E-state index in [1.807, 2.05) is 6.07 Å². The number of nitrogens with two attached hydrogens (primary N) is 1. The fourth-order valence-corrected chi connectivity index (χ4v) is 1.97. The molecule has 3 N–H and O–H groups in total. The summed E-state index contributed by atoms with van der Waals surface area (Å²) in [7, 11) is 0. The van der Waals surface area contributed by atoms with Crippen molar-refractivity contribution in [2.24, 2.45) is 5.73 Å². The van der Waals surface area contributed by atoms with Crippen molar-refractivity contribution in [3.63, 3.8) is 0 Å². The average Bonchev–Trinajstić information content (AvgIpc) is 2.59. The Morgan fingerprint density at radius 2 is 2.36 bits per heavy atom. The number of aliphatic hydroxyl groups excluding tert-OH is 1. The summed E-state index contributed by atoms with van der Waals surface area (Å²) in [6, 6.07) is 5.37. The van der Waals surface area contributed by atoms with Gasteiger partial charge >= 0.3 is 0 Å². The standard InChI is InChI=1S/C9H8N2O2S/c10-8(13)9-11-6-3-5(4-12)1-2-7(6)14-9/h1-3,12H,4H2,(H2,10,13). The van der Waals surface area contributed by atoms with Crippen molar-refractivity contribution < 1.29 is 9.90 Å². The number of nitrogens with zero attached hydrogens (tertiary/aromatic N) is 1. The Hall–Kier alpha value is -1.46. The van der Waals surface area contributed by atoms with Crippen LogP contribution in [0.25, 0.3) is 10.2 Å². The molecule has 0 bridgehead atoms. The van der Waals surface area contributed by atoms with E-state index in [-0.39, 0.29) is 6.61 Å². The van der Waals surface area contributed by atoms with E-state index >= 15 is 0 Å². The quantitative estimate of drug-likeness (QED) is 0.769. The number of aromatic nitrogens is 1. The minimum atomic E-state index is -0.517. The van der Waals surface area contributed by atoms with Crippen LogP contribution in [-0.4, -0.2) is 16.0 Å². The highest BCUT2D eigenvalue weighted by atomic mass is 32.1. The fraction of sp³-hybridized carbons (Fsp3) is 0.111. The lowest BCUT2D eigenvalue weighted by atomic mass is 10.2. The number of hydrogen-bond acceptors (Lipinski definition) is 4. The molecule has 1 aromatic heterocycles. The molecule has 1 heterocycles. The summed E-state index contributed by atoms with van der Waals surface area (Å²) in [4.78, 5) is 14.9. The molecule has 1 amide bonds. The zero-order chi connectivity index (χ0) is 10.1. The zero-order valence-corrected chi connectivity index (χ0v) is 8.04. The number of fused-ring (bicyclic) bond motifs is 1. The van der Waals surface area contributed by atoms with Crippen LogP contribution in [-0.2, 0) is 6.61 Å². The van der Waals surface area contributed by atoms with E-state index < -0.39 is 5.91 Å². The maximum atomic E-state index is 10.8. The number of carbonyl (C=O) groups is 1. The third-order valence-corrected chi connectivity index (χ3v) is 2.90. The van der Waals surface area contributed by atoms with Crippen molar-refractivity contribution in [2.45, 2.75) is 6.61 Å². The second kappa shape index (κ2) is 3.36.